The summed E-state index contributed by atoms with van der Waals surface area (Å²) in [5.74, 6) is 0.291. The predicted octanol–water partition coefficient (Wildman–Crippen LogP) is 1.22. The maximum absolute atomic E-state index is 9.45. The number of aromatic nitrogens is 2. The Hall–Kier alpha value is -2.61. The molecule has 0 fully saturated rings. The van der Waals surface area contributed by atoms with Crippen molar-refractivity contribution in [3.63, 3.8) is 0 Å². The van der Waals surface area contributed by atoms with Crippen molar-refractivity contribution >= 4 is 5.82 Å². The summed E-state index contributed by atoms with van der Waals surface area (Å²) in [5, 5.41) is 18.3. The minimum atomic E-state index is 0.291. The Bertz CT molecular complexity index is 610. The highest BCUT2D eigenvalue weighted by atomic mass is 16.5. The lowest BCUT2D eigenvalue weighted by atomic mass is 10.3. The molecule has 0 saturated heterocycles. The van der Waals surface area contributed by atoms with E-state index >= 15 is 0 Å². The van der Waals surface area contributed by atoms with Crippen LogP contribution in [0.4, 0.5) is 5.82 Å². The number of pyridine rings is 2. The Labute approximate surface area is 91.5 Å². The Balaban J connectivity index is 2.61. The molecule has 5 nitrogen and oxygen atoms in total. The van der Waals surface area contributed by atoms with Gasteiger partial charge in [-0.25, -0.2) is 9.98 Å². The lowest BCUT2D eigenvalue weighted by molar-refractivity contribution is 0.172. The third kappa shape index (κ3) is 1.91. The second-order valence-electron chi connectivity index (χ2n) is 3.00. The molecule has 0 atom stereocenters. The largest absolute Gasteiger partial charge is 0.427 e. The van der Waals surface area contributed by atoms with Gasteiger partial charge in [-0.2, -0.15) is 9.99 Å². The molecule has 5 heteroatoms. The second kappa shape index (κ2) is 4.28. The summed E-state index contributed by atoms with van der Waals surface area (Å²) in [6.07, 6.45) is 3.00. The molecule has 2 aromatic rings. The molecular formula is C11H8N4O. The molecule has 0 aliphatic carbocycles. The van der Waals surface area contributed by atoms with Gasteiger partial charge < -0.3 is 5.21 Å². The monoisotopic (exact) mass is 212 g/mol. The average Bonchev–Trinajstić information content (AvgIpc) is 2.33. The van der Waals surface area contributed by atoms with Crippen molar-refractivity contribution in [1.29, 1.82) is 5.26 Å². The van der Waals surface area contributed by atoms with E-state index in [1.54, 1.807) is 36.5 Å². The third-order valence-corrected chi connectivity index (χ3v) is 1.95. The van der Waals surface area contributed by atoms with E-state index in [0.29, 0.717) is 16.9 Å². The first-order valence-electron chi connectivity index (χ1n) is 4.58. The number of nitriles is 1. The fourth-order valence-corrected chi connectivity index (χ4v) is 1.20. The predicted molar refractivity (Wildman–Crippen MR) is 55.8 cm³/mol. The Morgan fingerprint density at radius 3 is 2.94 bits per heavy atom. The number of rotatable bonds is 1. The zero-order valence-electron chi connectivity index (χ0n) is 8.28. The van der Waals surface area contributed by atoms with Crippen LogP contribution in [0.3, 0.4) is 0 Å². The fraction of sp³-hybridized carbons (Fsp3) is 0. The topological polar surface area (TPSA) is 74.2 Å². The van der Waals surface area contributed by atoms with Crippen molar-refractivity contribution in [2.75, 3.05) is 0 Å². The van der Waals surface area contributed by atoms with E-state index in [1.807, 2.05) is 6.07 Å². The summed E-state index contributed by atoms with van der Waals surface area (Å²) in [5.41, 5.74) is 0.684. The molecule has 0 saturated carbocycles. The van der Waals surface area contributed by atoms with E-state index in [4.69, 9.17) is 5.26 Å². The Morgan fingerprint density at radius 2 is 2.19 bits per heavy atom. The molecule has 0 spiro atoms. The van der Waals surface area contributed by atoms with Crippen LogP contribution in [-0.4, -0.2) is 14.9 Å². The van der Waals surface area contributed by atoms with Gasteiger partial charge in [-0.15, -0.1) is 0 Å². The van der Waals surface area contributed by atoms with Crippen LogP contribution in [-0.2, 0) is 0 Å². The first-order chi connectivity index (χ1) is 7.81. The van der Waals surface area contributed by atoms with Crippen LogP contribution in [0.1, 0.15) is 5.56 Å². The molecule has 0 aliphatic heterocycles. The van der Waals surface area contributed by atoms with E-state index in [-0.39, 0.29) is 0 Å². The maximum Gasteiger partial charge on any atom is 0.172 e. The van der Waals surface area contributed by atoms with Gasteiger partial charge in [0, 0.05) is 12.4 Å². The Kier molecular flexibility index (Phi) is 2.65. The zero-order valence-corrected chi connectivity index (χ0v) is 8.28. The van der Waals surface area contributed by atoms with Gasteiger partial charge in [0.25, 0.3) is 0 Å². The molecule has 0 unspecified atom stereocenters. The van der Waals surface area contributed by atoms with E-state index in [9.17, 15) is 5.21 Å². The highest BCUT2D eigenvalue weighted by Gasteiger charge is 1.99. The number of hydrogen-bond donors (Lipinski definition) is 1. The van der Waals surface area contributed by atoms with Gasteiger partial charge in [-0.1, -0.05) is 6.07 Å². The second-order valence-corrected chi connectivity index (χ2v) is 3.00. The van der Waals surface area contributed by atoms with Crippen molar-refractivity contribution in [1.82, 2.24) is 9.71 Å². The Morgan fingerprint density at radius 1 is 1.31 bits per heavy atom. The van der Waals surface area contributed by atoms with E-state index < -0.39 is 0 Å². The van der Waals surface area contributed by atoms with Crippen molar-refractivity contribution in [3.8, 4) is 6.07 Å². The van der Waals surface area contributed by atoms with Gasteiger partial charge in [-0.05, 0) is 24.3 Å². The summed E-state index contributed by atoms with van der Waals surface area (Å²) in [4.78, 5) is 8.06. The van der Waals surface area contributed by atoms with Gasteiger partial charge in [0.15, 0.2) is 11.3 Å². The smallest absolute Gasteiger partial charge is 0.172 e. The molecule has 0 aliphatic rings. The molecule has 0 radical (unpaired) electrons. The molecular weight excluding hydrogens is 204 g/mol. The van der Waals surface area contributed by atoms with Crippen molar-refractivity contribution in [2.45, 2.75) is 0 Å². The molecule has 0 bridgehead atoms. The highest BCUT2D eigenvalue weighted by molar-refractivity contribution is 5.46. The minimum Gasteiger partial charge on any atom is -0.427 e. The lowest BCUT2D eigenvalue weighted by Crippen LogP contribution is -2.16. The van der Waals surface area contributed by atoms with Gasteiger partial charge in [0.1, 0.15) is 6.07 Å². The van der Waals surface area contributed by atoms with E-state index in [2.05, 4.69) is 9.98 Å². The van der Waals surface area contributed by atoms with E-state index in [1.165, 1.54) is 6.20 Å². The number of nitrogens with zero attached hydrogens (tertiary/aromatic N) is 4. The first-order valence-corrected chi connectivity index (χ1v) is 4.58. The summed E-state index contributed by atoms with van der Waals surface area (Å²) in [6.45, 7) is 0. The van der Waals surface area contributed by atoms with Crippen LogP contribution < -0.4 is 5.49 Å². The third-order valence-electron chi connectivity index (χ3n) is 1.95. The normalized spacial score (nSPS) is 11.1. The fourth-order valence-electron chi connectivity index (χ4n) is 1.20. The molecule has 2 heterocycles. The van der Waals surface area contributed by atoms with Crippen LogP contribution >= 0.6 is 0 Å². The van der Waals surface area contributed by atoms with Gasteiger partial charge in [-0.3, -0.25) is 0 Å². The molecule has 2 aromatic heterocycles. The van der Waals surface area contributed by atoms with Gasteiger partial charge in [0.05, 0.1) is 5.56 Å². The summed E-state index contributed by atoms with van der Waals surface area (Å²) in [7, 11) is 0. The number of hydrogen-bond acceptors (Lipinski definition) is 4. The molecule has 2 rings (SSSR count). The van der Waals surface area contributed by atoms with Crippen molar-refractivity contribution in [2.24, 2.45) is 4.99 Å². The first kappa shape index (κ1) is 9.93. The van der Waals surface area contributed by atoms with Gasteiger partial charge in [0.2, 0.25) is 0 Å². The van der Waals surface area contributed by atoms with Crippen LogP contribution in [0.2, 0.25) is 0 Å². The van der Waals surface area contributed by atoms with Crippen molar-refractivity contribution in [3.05, 3.63) is 53.8 Å². The maximum atomic E-state index is 9.45. The average molecular weight is 212 g/mol. The van der Waals surface area contributed by atoms with Crippen molar-refractivity contribution < 1.29 is 5.21 Å². The molecule has 1 N–H and O–H groups in total. The summed E-state index contributed by atoms with van der Waals surface area (Å²) < 4.78 is 0.871. The van der Waals surface area contributed by atoms with Crippen LogP contribution in [0.25, 0.3) is 0 Å². The zero-order chi connectivity index (χ0) is 11.4. The van der Waals surface area contributed by atoms with Crippen LogP contribution in [0.15, 0.2) is 47.7 Å². The quantitative estimate of drug-likeness (QED) is 0.722. The van der Waals surface area contributed by atoms with Gasteiger partial charge >= 0.3 is 0 Å². The van der Waals surface area contributed by atoms with Crippen LogP contribution in [0.5, 0.6) is 0 Å². The minimum absolute atomic E-state index is 0.291. The lowest BCUT2D eigenvalue weighted by Gasteiger charge is -1.98. The van der Waals surface area contributed by atoms with E-state index in [0.717, 1.165) is 4.73 Å². The molecule has 16 heavy (non-hydrogen) atoms. The molecule has 0 aromatic carbocycles. The SMILES string of the molecule is N#Cc1cccnc1/N=c1\ccccn1O. The highest BCUT2D eigenvalue weighted by Crippen LogP contribution is 2.11. The standard InChI is InChI=1S/C11H8N4O/c12-8-9-4-3-6-13-11(9)14-10-5-1-2-7-15(10)16/h1-7,16H/b14-10+. The van der Waals surface area contributed by atoms with Crippen LogP contribution in [0, 0.1) is 11.3 Å². The molecule has 78 valence electrons. The molecule has 0 amide bonds. The summed E-state index contributed by atoms with van der Waals surface area (Å²) in [6, 6.07) is 10.3. The summed E-state index contributed by atoms with van der Waals surface area (Å²) >= 11 is 0.